The van der Waals surface area contributed by atoms with Crippen molar-refractivity contribution in [1.82, 2.24) is 4.72 Å². The number of aliphatic hydroxyl groups is 1. The van der Waals surface area contributed by atoms with E-state index in [9.17, 15) is 18.8 Å². The molecule has 1 atom stereocenters. The lowest BCUT2D eigenvalue weighted by Gasteiger charge is -2.28. The maximum Gasteiger partial charge on any atom is 0.241 e. The predicted molar refractivity (Wildman–Crippen MR) is 141 cm³/mol. The summed E-state index contributed by atoms with van der Waals surface area (Å²) in [6.45, 7) is 8.70. The molecule has 0 radical (unpaired) electrons. The van der Waals surface area contributed by atoms with Gasteiger partial charge in [0, 0.05) is 29.9 Å². The van der Waals surface area contributed by atoms with Gasteiger partial charge < -0.3 is 10.0 Å². The molecule has 7 heteroatoms. The molecular formula is C28H33N3O3S. The fourth-order valence-electron chi connectivity index (χ4n) is 4.04. The molecule has 0 aromatic heterocycles. The molecule has 0 bridgehead atoms. The molecule has 0 saturated carbocycles. The zero-order chi connectivity index (χ0) is 25.6. The summed E-state index contributed by atoms with van der Waals surface area (Å²) >= 11 is 0. The fourth-order valence-corrected chi connectivity index (χ4v) is 5.69. The Kier molecular flexibility index (Phi) is 8.34. The van der Waals surface area contributed by atoms with E-state index in [1.807, 2.05) is 75.4 Å². The largest absolute Gasteiger partial charge is 0.395 e. The van der Waals surface area contributed by atoms with Gasteiger partial charge in [-0.1, -0.05) is 55.5 Å². The van der Waals surface area contributed by atoms with E-state index in [1.165, 1.54) is 0 Å². The van der Waals surface area contributed by atoms with Gasteiger partial charge in [0.1, 0.15) is 0 Å². The number of aliphatic hydroxyl groups excluding tert-OH is 1. The number of nitrogens with zero attached hydrogens (tertiary/aromatic N) is 2. The van der Waals surface area contributed by atoms with Crippen LogP contribution in [0.2, 0.25) is 0 Å². The number of hydrogen-bond acceptors (Lipinski definition) is 5. The third-order valence-electron chi connectivity index (χ3n) is 5.61. The zero-order valence-electron chi connectivity index (χ0n) is 20.7. The van der Waals surface area contributed by atoms with Crippen molar-refractivity contribution in [3.05, 3.63) is 83.9 Å². The summed E-state index contributed by atoms with van der Waals surface area (Å²) in [5, 5.41) is 18.8. The maximum atomic E-state index is 13.0. The molecule has 0 amide bonds. The molecule has 0 heterocycles. The molecule has 0 aliphatic rings. The van der Waals surface area contributed by atoms with Crippen molar-refractivity contribution in [3.8, 4) is 17.2 Å². The second-order valence-corrected chi connectivity index (χ2v) is 11.4. The third kappa shape index (κ3) is 6.92. The van der Waals surface area contributed by atoms with Crippen molar-refractivity contribution in [1.29, 1.82) is 5.26 Å². The van der Waals surface area contributed by atoms with Crippen LogP contribution in [-0.4, -0.2) is 38.8 Å². The van der Waals surface area contributed by atoms with E-state index >= 15 is 0 Å². The Hall–Kier alpha value is -3.18. The van der Waals surface area contributed by atoms with E-state index in [1.54, 1.807) is 18.2 Å². The van der Waals surface area contributed by atoms with Gasteiger partial charge in [-0.2, -0.15) is 5.26 Å². The SMILES string of the molecule is CC(CN(CCO)c1cccc(C#N)c1)c1ccc(-c2ccccc2S(=O)(=O)NC(C)(C)C)cc1. The smallest absolute Gasteiger partial charge is 0.241 e. The number of hydrogen-bond donors (Lipinski definition) is 2. The highest BCUT2D eigenvalue weighted by molar-refractivity contribution is 7.89. The minimum absolute atomic E-state index is 0.0102. The minimum Gasteiger partial charge on any atom is -0.395 e. The molecule has 0 fully saturated rings. The molecular weight excluding hydrogens is 458 g/mol. The van der Waals surface area contributed by atoms with Crippen molar-refractivity contribution in [3.63, 3.8) is 0 Å². The first kappa shape index (κ1) is 26.4. The van der Waals surface area contributed by atoms with Gasteiger partial charge in [-0.15, -0.1) is 0 Å². The Morgan fingerprint density at radius 1 is 1.03 bits per heavy atom. The lowest BCUT2D eigenvalue weighted by molar-refractivity contribution is 0.301. The molecule has 0 saturated heterocycles. The molecule has 0 aliphatic carbocycles. The van der Waals surface area contributed by atoms with Crippen LogP contribution in [0, 0.1) is 11.3 Å². The lowest BCUT2D eigenvalue weighted by Crippen LogP contribution is -2.40. The number of nitriles is 1. The van der Waals surface area contributed by atoms with Crippen LogP contribution >= 0.6 is 0 Å². The van der Waals surface area contributed by atoms with Crippen molar-refractivity contribution in [2.24, 2.45) is 0 Å². The molecule has 35 heavy (non-hydrogen) atoms. The van der Waals surface area contributed by atoms with Crippen LogP contribution in [0.5, 0.6) is 0 Å². The zero-order valence-corrected chi connectivity index (χ0v) is 21.5. The highest BCUT2D eigenvalue weighted by Gasteiger charge is 2.24. The van der Waals surface area contributed by atoms with E-state index in [0.717, 1.165) is 16.8 Å². The second-order valence-electron chi connectivity index (χ2n) is 9.71. The highest BCUT2D eigenvalue weighted by Crippen LogP contribution is 2.30. The van der Waals surface area contributed by atoms with Crippen molar-refractivity contribution in [2.75, 3.05) is 24.6 Å². The van der Waals surface area contributed by atoms with Gasteiger partial charge in [-0.05, 0) is 62.1 Å². The summed E-state index contributed by atoms with van der Waals surface area (Å²) < 4.78 is 28.8. The summed E-state index contributed by atoms with van der Waals surface area (Å²) in [5.74, 6) is 0.142. The van der Waals surface area contributed by atoms with Crippen LogP contribution in [0.15, 0.2) is 77.7 Å². The summed E-state index contributed by atoms with van der Waals surface area (Å²) in [4.78, 5) is 2.32. The van der Waals surface area contributed by atoms with Crippen molar-refractivity contribution < 1.29 is 13.5 Å². The van der Waals surface area contributed by atoms with E-state index in [4.69, 9.17) is 0 Å². The predicted octanol–water partition coefficient (Wildman–Crippen LogP) is 4.90. The quantitative estimate of drug-likeness (QED) is 0.444. The van der Waals surface area contributed by atoms with E-state index in [2.05, 4.69) is 22.6 Å². The van der Waals surface area contributed by atoms with Gasteiger partial charge in [0.2, 0.25) is 10.0 Å². The summed E-state index contributed by atoms with van der Waals surface area (Å²) in [5.41, 5.74) is 3.46. The third-order valence-corrected chi connectivity index (χ3v) is 7.43. The first-order valence-electron chi connectivity index (χ1n) is 11.6. The summed E-state index contributed by atoms with van der Waals surface area (Å²) in [6.07, 6.45) is 0. The molecule has 0 aliphatic heterocycles. The summed E-state index contributed by atoms with van der Waals surface area (Å²) in [7, 11) is -3.69. The normalized spacial score (nSPS) is 12.7. The lowest BCUT2D eigenvalue weighted by atomic mass is 9.96. The molecule has 3 aromatic carbocycles. The van der Waals surface area contributed by atoms with E-state index in [0.29, 0.717) is 24.2 Å². The molecule has 0 spiro atoms. The molecule has 184 valence electrons. The Morgan fingerprint density at radius 3 is 2.34 bits per heavy atom. The average Bonchev–Trinajstić information content (AvgIpc) is 2.82. The Bertz CT molecular complexity index is 1290. The first-order chi connectivity index (χ1) is 16.5. The van der Waals surface area contributed by atoms with E-state index in [-0.39, 0.29) is 17.4 Å². The van der Waals surface area contributed by atoms with Crippen molar-refractivity contribution >= 4 is 15.7 Å². The Balaban J connectivity index is 1.85. The number of benzene rings is 3. The first-order valence-corrected chi connectivity index (χ1v) is 13.1. The molecule has 1 unspecified atom stereocenters. The number of rotatable bonds is 9. The number of sulfonamides is 1. The maximum absolute atomic E-state index is 13.0. The second kappa shape index (κ2) is 11.0. The van der Waals surface area contributed by atoms with Gasteiger partial charge in [0.15, 0.2) is 0 Å². The topological polar surface area (TPSA) is 93.4 Å². The average molecular weight is 492 g/mol. The van der Waals surface area contributed by atoms with Crippen LogP contribution in [0.25, 0.3) is 11.1 Å². The fraction of sp³-hybridized carbons (Fsp3) is 0.321. The Labute approximate surface area is 208 Å². The molecule has 3 rings (SSSR count). The summed E-state index contributed by atoms with van der Waals surface area (Å²) in [6, 6.07) is 24.5. The van der Waals surface area contributed by atoms with Crippen molar-refractivity contribution in [2.45, 2.75) is 44.0 Å². The molecule has 6 nitrogen and oxygen atoms in total. The van der Waals surface area contributed by atoms with Crippen LogP contribution < -0.4 is 9.62 Å². The monoisotopic (exact) mass is 491 g/mol. The Morgan fingerprint density at radius 2 is 1.71 bits per heavy atom. The molecule has 2 N–H and O–H groups in total. The van der Waals surface area contributed by atoms with Gasteiger partial charge in [0.05, 0.1) is 23.1 Å². The number of anilines is 1. The molecule has 3 aromatic rings. The van der Waals surface area contributed by atoms with Gasteiger partial charge in [0.25, 0.3) is 0 Å². The van der Waals surface area contributed by atoms with Crippen LogP contribution in [0.4, 0.5) is 5.69 Å². The standard InChI is InChI=1S/C28H33N3O3S/c1-21(20-31(16-17-32)25-9-7-8-22(18-25)19-29)23-12-14-24(15-13-23)26-10-5-6-11-27(26)35(33,34)30-28(2,3)4/h5-15,18,21,30,32H,16-17,20H2,1-4H3. The van der Waals surface area contributed by atoms with Crippen LogP contribution in [-0.2, 0) is 10.0 Å². The van der Waals surface area contributed by atoms with E-state index < -0.39 is 15.6 Å². The highest BCUT2D eigenvalue weighted by atomic mass is 32.2. The van der Waals surface area contributed by atoms with Crippen LogP contribution in [0.1, 0.15) is 44.7 Å². The van der Waals surface area contributed by atoms with Gasteiger partial charge in [-0.3, -0.25) is 0 Å². The van der Waals surface area contributed by atoms with Gasteiger partial charge in [-0.25, -0.2) is 13.1 Å². The number of nitrogens with one attached hydrogen (secondary N) is 1. The van der Waals surface area contributed by atoms with Gasteiger partial charge >= 0.3 is 0 Å². The minimum atomic E-state index is -3.69. The van der Waals surface area contributed by atoms with Crippen LogP contribution in [0.3, 0.4) is 0 Å².